The van der Waals surface area contributed by atoms with Gasteiger partial charge in [-0.2, -0.15) is 5.10 Å². The number of hydrogen-bond donors (Lipinski definition) is 1. The summed E-state index contributed by atoms with van der Waals surface area (Å²) in [5.41, 5.74) is 7.00. The van der Waals surface area contributed by atoms with E-state index >= 15 is 0 Å². The maximum atomic E-state index is 11.7. The third-order valence-electron chi connectivity index (χ3n) is 2.81. The minimum absolute atomic E-state index is 0.149. The number of esters is 2. The summed E-state index contributed by atoms with van der Waals surface area (Å²) >= 11 is 0. The molecular formula is C14H15N3O4. The van der Waals surface area contributed by atoms with Gasteiger partial charge in [-0.15, -0.1) is 0 Å². The van der Waals surface area contributed by atoms with E-state index in [0.717, 1.165) is 0 Å². The Morgan fingerprint density at radius 1 is 1.33 bits per heavy atom. The van der Waals surface area contributed by atoms with Gasteiger partial charge >= 0.3 is 11.9 Å². The van der Waals surface area contributed by atoms with Gasteiger partial charge in [0.1, 0.15) is 11.4 Å². The second-order valence-electron chi connectivity index (χ2n) is 4.12. The van der Waals surface area contributed by atoms with Crippen molar-refractivity contribution in [2.24, 2.45) is 0 Å². The molecular weight excluding hydrogens is 274 g/mol. The number of carbonyl (C=O) groups excluding carboxylic acids is 2. The lowest BCUT2D eigenvalue weighted by Crippen LogP contribution is -2.09. The normalized spacial score (nSPS) is 10.2. The van der Waals surface area contributed by atoms with Gasteiger partial charge in [0.15, 0.2) is 0 Å². The molecule has 2 aromatic rings. The highest BCUT2D eigenvalue weighted by Crippen LogP contribution is 2.19. The molecule has 0 spiro atoms. The highest BCUT2D eigenvalue weighted by Gasteiger charge is 2.17. The summed E-state index contributed by atoms with van der Waals surface area (Å²) in [7, 11) is 1.30. The van der Waals surface area contributed by atoms with Crippen LogP contribution in [0, 0.1) is 0 Å². The number of ether oxygens (including phenoxy) is 2. The molecule has 0 bridgehead atoms. The fourth-order valence-electron chi connectivity index (χ4n) is 1.81. The number of nitrogen functional groups attached to an aromatic ring is 1. The molecule has 7 nitrogen and oxygen atoms in total. The van der Waals surface area contributed by atoms with Gasteiger partial charge in [-0.25, -0.2) is 14.3 Å². The zero-order valence-corrected chi connectivity index (χ0v) is 11.7. The van der Waals surface area contributed by atoms with Crippen LogP contribution < -0.4 is 5.73 Å². The Labute approximate surface area is 121 Å². The van der Waals surface area contributed by atoms with Gasteiger partial charge in [0.05, 0.1) is 31.2 Å². The molecule has 0 unspecified atom stereocenters. The third kappa shape index (κ3) is 2.86. The van der Waals surface area contributed by atoms with Gasteiger partial charge in [0.2, 0.25) is 0 Å². The monoisotopic (exact) mass is 289 g/mol. The lowest BCUT2D eigenvalue weighted by Gasteiger charge is -2.07. The van der Waals surface area contributed by atoms with Gasteiger partial charge < -0.3 is 15.2 Å². The fourth-order valence-corrected chi connectivity index (χ4v) is 1.81. The van der Waals surface area contributed by atoms with Crippen molar-refractivity contribution in [3.8, 4) is 5.69 Å². The summed E-state index contributed by atoms with van der Waals surface area (Å²) in [6.07, 6.45) is 1.33. The van der Waals surface area contributed by atoms with Crippen molar-refractivity contribution in [1.29, 1.82) is 0 Å². The van der Waals surface area contributed by atoms with Crippen LogP contribution in [0.4, 0.5) is 5.82 Å². The third-order valence-corrected chi connectivity index (χ3v) is 2.81. The van der Waals surface area contributed by atoms with Crippen LogP contribution in [0.1, 0.15) is 27.6 Å². The molecule has 2 rings (SSSR count). The van der Waals surface area contributed by atoms with Crippen molar-refractivity contribution in [2.75, 3.05) is 19.5 Å². The van der Waals surface area contributed by atoms with Crippen LogP contribution in [0.25, 0.3) is 5.69 Å². The number of methoxy groups -OCH3 is 1. The largest absolute Gasteiger partial charge is 0.465 e. The second-order valence-corrected chi connectivity index (χ2v) is 4.12. The van der Waals surface area contributed by atoms with Crippen LogP contribution in [0.2, 0.25) is 0 Å². The lowest BCUT2D eigenvalue weighted by atomic mass is 10.2. The van der Waals surface area contributed by atoms with E-state index < -0.39 is 11.9 Å². The molecule has 0 saturated carbocycles. The lowest BCUT2D eigenvalue weighted by molar-refractivity contribution is 0.0526. The van der Waals surface area contributed by atoms with E-state index in [1.807, 2.05) is 0 Å². The van der Waals surface area contributed by atoms with Crippen LogP contribution >= 0.6 is 0 Å². The first-order chi connectivity index (χ1) is 10.1. The number of aromatic nitrogens is 2. The standard InChI is InChI=1S/C14H15N3O4/c1-3-21-14(19)11-8-16-17(12(11)15)10-6-4-5-9(7-10)13(18)20-2/h4-8H,3,15H2,1-2H3. The van der Waals surface area contributed by atoms with Crippen LogP contribution in [0.15, 0.2) is 30.5 Å². The smallest absolute Gasteiger partial charge is 0.343 e. The molecule has 0 atom stereocenters. The molecule has 110 valence electrons. The average Bonchev–Trinajstić information content (AvgIpc) is 2.88. The molecule has 0 aliphatic heterocycles. The van der Waals surface area contributed by atoms with Crippen molar-refractivity contribution >= 4 is 17.8 Å². The van der Waals surface area contributed by atoms with Gasteiger partial charge in [0, 0.05) is 0 Å². The molecule has 0 radical (unpaired) electrons. The minimum atomic E-state index is -0.537. The van der Waals surface area contributed by atoms with Gasteiger partial charge in [-0.1, -0.05) is 6.07 Å². The Morgan fingerprint density at radius 2 is 2.10 bits per heavy atom. The van der Waals surface area contributed by atoms with E-state index in [1.165, 1.54) is 18.0 Å². The molecule has 1 heterocycles. The second kappa shape index (κ2) is 6.08. The molecule has 1 aromatic heterocycles. The van der Waals surface area contributed by atoms with Crippen LogP contribution in [-0.2, 0) is 9.47 Å². The number of anilines is 1. The quantitative estimate of drug-likeness (QED) is 0.855. The first-order valence-electron chi connectivity index (χ1n) is 6.27. The first-order valence-corrected chi connectivity index (χ1v) is 6.27. The Morgan fingerprint density at radius 3 is 2.76 bits per heavy atom. The van der Waals surface area contributed by atoms with E-state index in [0.29, 0.717) is 11.3 Å². The highest BCUT2D eigenvalue weighted by molar-refractivity contribution is 5.94. The molecule has 1 aromatic carbocycles. The van der Waals surface area contributed by atoms with Crippen LogP contribution in [0.5, 0.6) is 0 Å². The molecule has 21 heavy (non-hydrogen) atoms. The Hall–Kier alpha value is -2.83. The van der Waals surface area contributed by atoms with Crippen molar-refractivity contribution < 1.29 is 19.1 Å². The Kier molecular flexibility index (Phi) is 4.22. The number of hydrogen-bond acceptors (Lipinski definition) is 6. The predicted molar refractivity (Wildman–Crippen MR) is 75.3 cm³/mol. The van der Waals surface area contributed by atoms with E-state index in [-0.39, 0.29) is 18.0 Å². The number of nitrogens with zero attached hydrogens (tertiary/aromatic N) is 2. The van der Waals surface area contributed by atoms with Crippen molar-refractivity contribution in [3.63, 3.8) is 0 Å². The number of benzene rings is 1. The summed E-state index contributed by atoms with van der Waals surface area (Å²) in [5.74, 6) is -0.853. The number of nitrogens with two attached hydrogens (primary N) is 1. The zero-order chi connectivity index (χ0) is 15.4. The van der Waals surface area contributed by atoms with E-state index in [4.69, 9.17) is 10.5 Å². The van der Waals surface area contributed by atoms with Crippen molar-refractivity contribution in [1.82, 2.24) is 9.78 Å². The summed E-state index contributed by atoms with van der Waals surface area (Å²) < 4.78 is 10.9. The molecule has 0 aliphatic carbocycles. The highest BCUT2D eigenvalue weighted by atomic mass is 16.5. The van der Waals surface area contributed by atoms with Crippen molar-refractivity contribution in [2.45, 2.75) is 6.92 Å². The summed E-state index contributed by atoms with van der Waals surface area (Å²) in [5, 5.41) is 4.05. The van der Waals surface area contributed by atoms with Gasteiger partial charge in [-0.05, 0) is 25.1 Å². The minimum Gasteiger partial charge on any atom is -0.465 e. The SMILES string of the molecule is CCOC(=O)c1cnn(-c2cccc(C(=O)OC)c2)c1N. The molecule has 0 amide bonds. The van der Waals surface area contributed by atoms with Gasteiger partial charge in [0.25, 0.3) is 0 Å². The van der Waals surface area contributed by atoms with Gasteiger partial charge in [-0.3, -0.25) is 0 Å². The van der Waals surface area contributed by atoms with Crippen molar-refractivity contribution in [3.05, 3.63) is 41.6 Å². The zero-order valence-electron chi connectivity index (χ0n) is 11.7. The summed E-state index contributed by atoms with van der Waals surface area (Å²) in [6.45, 7) is 1.96. The van der Waals surface area contributed by atoms with E-state index in [9.17, 15) is 9.59 Å². The van der Waals surface area contributed by atoms with Crippen LogP contribution in [0.3, 0.4) is 0 Å². The summed E-state index contributed by atoms with van der Waals surface area (Å²) in [4.78, 5) is 23.2. The van der Waals surface area contributed by atoms with E-state index in [2.05, 4.69) is 9.84 Å². The molecule has 7 heteroatoms. The van der Waals surface area contributed by atoms with Crippen LogP contribution in [-0.4, -0.2) is 35.4 Å². The maximum absolute atomic E-state index is 11.7. The maximum Gasteiger partial charge on any atom is 0.343 e. The average molecular weight is 289 g/mol. The molecule has 0 saturated heterocycles. The Bertz CT molecular complexity index is 679. The molecule has 0 fully saturated rings. The number of carbonyl (C=O) groups is 2. The molecule has 0 aliphatic rings. The first kappa shape index (κ1) is 14.6. The summed E-state index contributed by atoms with van der Waals surface area (Å²) in [6, 6.07) is 6.57. The topological polar surface area (TPSA) is 96.4 Å². The molecule has 2 N–H and O–H groups in total. The Balaban J connectivity index is 2.39. The van der Waals surface area contributed by atoms with E-state index in [1.54, 1.807) is 31.2 Å². The number of rotatable bonds is 4. The predicted octanol–water partition coefficient (Wildman–Crippen LogP) is 1.42. The fraction of sp³-hybridized carbons (Fsp3) is 0.214.